The van der Waals surface area contributed by atoms with Gasteiger partial charge >= 0.3 is 5.97 Å². The number of hydrogen-bond acceptors (Lipinski definition) is 5. The molecule has 0 heterocycles. The number of unbranched alkanes of at least 4 members (excludes halogenated alkanes) is 55. The van der Waals surface area contributed by atoms with Crippen molar-refractivity contribution in [3.05, 3.63) is 12.2 Å². The number of allylic oxidation sites excluding steroid dienone is 1. The van der Waals surface area contributed by atoms with Crippen LogP contribution in [0.5, 0.6) is 0 Å². The molecule has 0 radical (unpaired) electrons. The number of aliphatic hydroxyl groups is 2. The Bertz CT molecular complexity index is 1140. The Morgan fingerprint density at radius 2 is 0.605 bits per heavy atom. The van der Waals surface area contributed by atoms with Crippen molar-refractivity contribution in [2.24, 2.45) is 0 Å². The summed E-state index contributed by atoms with van der Waals surface area (Å²) >= 11 is 0. The first-order chi connectivity index (χ1) is 37.5. The predicted molar refractivity (Wildman–Crippen MR) is 333 cm³/mol. The van der Waals surface area contributed by atoms with Gasteiger partial charge in [-0.1, -0.05) is 366 Å². The van der Waals surface area contributed by atoms with E-state index < -0.39 is 12.1 Å². The topological polar surface area (TPSA) is 95.9 Å². The Labute approximate surface area is 476 Å². The van der Waals surface area contributed by atoms with Crippen LogP contribution in [-0.4, -0.2) is 47.4 Å². The number of rotatable bonds is 66. The molecule has 0 aromatic carbocycles. The minimum Gasteiger partial charge on any atom is -0.466 e. The van der Waals surface area contributed by atoms with Gasteiger partial charge in [-0.25, -0.2) is 0 Å². The zero-order valence-corrected chi connectivity index (χ0v) is 51.8. The third kappa shape index (κ3) is 61.8. The lowest BCUT2D eigenvalue weighted by Crippen LogP contribution is -2.45. The highest BCUT2D eigenvalue weighted by Crippen LogP contribution is 2.19. The molecule has 0 aliphatic rings. The van der Waals surface area contributed by atoms with Gasteiger partial charge in [-0.2, -0.15) is 0 Å². The summed E-state index contributed by atoms with van der Waals surface area (Å²) in [5.74, 6) is -0.0398. The highest BCUT2D eigenvalue weighted by Gasteiger charge is 2.18. The smallest absolute Gasteiger partial charge is 0.305 e. The van der Waals surface area contributed by atoms with Crippen LogP contribution in [-0.2, 0) is 14.3 Å². The van der Waals surface area contributed by atoms with Gasteiger partial charge in [-0.3, -0.25) is 9.59 Å². The molecule has 0 aliphatic carbocycles. The summed E-state index contributed by atoms with van der Waals surface area (Å²) in [5, 5.41) is 23.1. The van der Waals surface area contributed by atoms with Crippen LogP contribution in [0.25, 0.3) is 0 Å². The van der Waals surface area contributed by atoms with Crippen molar-refractivity contribution in [3.63, 3.8) is 0 Å². The highest BCUT2D eigenvalue weighted by molar-refractivity contribution is 5.76. The first-order valence-corrected chi connectivity index (χ1v) is 35.0. The van der Waals surface area contributed by atoms with E-state index in [9.17, 15) is 19.8 Å². The zero-order valence-electron chi connectivity index (χ0n) is 51.8. The van der Waals surface area contributed by atoms with Crippen molar-refractivity contribution in [1.82, 2.24) is 5.32 Å². The van der Waals surface area contributed by atoms with E-state index in [0.29, 0.717) is 19.4 Å². The number of nitrogens with one attached hydrogen (secondary N) is 1. The van der Waals surface area contributed by atoms with Gasteiger partial charge in [0.1, 0.15) is 0 Å². The molecule has 0 saturated carbocycles. The van der Waals surface area contributed by atoms with Crippen LogP contribution in [0.4, 0.5) is 0 Å². The maximum Gasteiger partial charge on any atom is 0.305 e. The molecular formula is C70H137NO5. The molecule has 0 rings (SSSR count). The fourth-order valence-corrected chi connectivity index (χ4v) is 11.2. The van der Waals surface area contributed by atoms with Crippen LogP contribution >= 0.6 is 0 Å². The van der Waals surface area contributed by atoms with Gasteiger partial charge in [0.25, 0.3) is 0 Å². The van der Waals surface area contributed by atoms with Gasteiger partial charge in [-0.15, -0.1) is 0 Å². The average molecular weight is 1070 g/mol. The van der Waals surface area contributed by atoms with Crippen molar-refractivity contribution in [3.8, 4) is 0 Å². The fraction of sp³-hybridized carbons (Fsp3) is 0.943. The molecule has 2 unspecified atom stereocenters. The van der Waals surface area contributed by atoms with Crippen molar-refractivity contribution in [2.45, 2.75) is 411 Å². The number of carbonyl (C=O) groups is 2. The molecule has 3 N–H and O–H groups in total. The molecular weight excluding hydrogens is 935 g/mol. The van der Waals surface area contributed by atoms with E-state index >= 15 is 0 Å². The van der Waals surface area contributed by atoms with Gasteiger partial charge < -0.3 is 20.3 Å². The van der Waals surface area contributed by atoms with Gasteiger partial charge in [-0.05, 0) is 32.1 Å². The molecule has 0 aromatic rings. The van der Waals surface area contributed by atoms with Crippen LogP contribution in [0.1, 0.15) is 399 Å². The number of ether oxygens (including phenoxy) is 1. The van der Waals surface area contributed by atoms with Crippen LogP contribution in [0.3, 0.4) is 0 Å². The maximum absolute atomic E-state index is 12.5. The van der Waals surface area contributed by atoms with E-state index in [-0.39, 0.29) is 18.5 Å². The number of amides is 1. The minimum absolute atomic E-state index is 0.0230. The first kappa shape index (κ1) is 74.6. The van der Waals surface area contributed by atoms with Crippen molar-refractivity contribution in [2.75, 3.05) is 13.2 Å². The van der Waals surface area contributed by atoms with Crippen molar-refractivity contribution >= 4 is 11.9 Å². The normalized spacial score (nSPS) is 12.5. The van der Waals surface area contributed by atoms with E-state index in [1.807, 2.05) is 6.08 Å². The summed E-state index contributed by atoms with van der Waals surface area (Å²) in [6.07, 6.45) is 81.5. The average Bonchev–Trinajstić information content (AvgIpc) is 3.42. The molecule has 0 spiro atoms. The van der Waals surface area contributed by atoms with E-state index in [1.165, 1.54) is 334 Å². The minimum atomic E-state index is -0.841. The Kier molecular flexibility index (Phi) is 64.9. The van der Waals surface area contributed by atoms with Crippen molar-refractivity contribution < 1.29 is 24.5 Å². The Hall–Kier alpha value is -1.40. The molecule has 452 valence electrons. The molecule has 6 heteroatoms. The maximum atomic E-state index is 12.5. The van der Waals surface area contributed by atoms with E-state index in [2.05, 4.69) is 19.2 Å². The lowest BCUT2D eigenvalue weighted by atomic mass is 10.0. The second-order valence-corrected chi connectivity index (χ2v) is 24.2. The lowest BCUT2D eigenvalue weighted by Gasteiger charge is -2.20. The molecule has 2 atom stereocenters. The standard InChI is InChI=1S/C70H137NO5/c1-3-5-7-9-11-13-15-17-19-20-33-36-40-44-48-52-56-60-64-70(75)76-65-61-57-53-49-45-41-37-34-31-29-27-25-23-21-22-24-26-28-30-32-35-39-43-47-51-55-59-63-69(74)71-67(66-72)68(73)62-58-54-50-46-42-38-18-16-14-12-10-8-6-4-2/h58,62,67-68,72-73H,3-57,59-61,63-66H2,1-2H3,(H,71,74)/b62-58+. The second-order valence-electron chi connectivity index (χ2n) is 24.2. The third-order valence-corrected chi connectivity index (χ3v) is 16.6. The molecule has 1 amide bonds. The third-order valence-electron chi connectivity index (χ3n) is 16.6. The summed E-state index contributed by atoms with van der Waals surface area (Å²) in [5.41, 5.74) is 0. The number of hydrogen-bond donors (Lipinski definition) is 3. The van der Waals surface area contributed by atoms with Crippen LogP contribution < -0.4 is 5.32 Å². The number of aliphatic hydroxyl groups excluding tert-OH is 2. The van der Waals surface area contributed by atoms with Gasteiger partial charge in [0.15, 0.2) is 0 Å². The molecule has 0 bridgehead atoms. The largest absolute Gasteiger partial charge is 0.466 e. The monoisotopic (exact) mass is 1070 g/mol. The second kappa shape index (κ2) is 66.1. The lowest BCUT2D eigenvalue weighted by molar-refractivity contribution is -0.143. The van der Waals surface area contributed by atoms with E-state index in [1.54, 1.807) is 6.08 Å². The van der Waals surface area contributed by atoms with Gasteiger partial charge in [0.05, 0.1) is 25.4 Å². The fourth-order valence-electron chi connectivity index (χ4n) is 11.2. The number of esters is 1. The summed E-state index contributed by atoms with van der Waals surface area (Å²) < 4.78 is 5.51. The summed E-state index contributed by atoms with van der Waals surface area (Å²) in [7, 11) is 0. The Morgan fingerprint density at radius 3 is 0.895 bits per heavy atom. The Morgan fingerprint density at radius 1 is 0.355 bits per heavy atom. The highest BCUT2D eigenvalue weighted by atomic mass is 16.5. The van der Waals surface area contributed by atoms with E-state index in [0.717, 1.165) is 38.5 Å². The van der Waals surface area contributed by atoms with Crippen LogP contribution in [0.15, 0.2) is 12.2 Å². The molecule has 0 fully saturated rings. The summed E-state index contributed by atoms with van der Waals surface area (Å²) in [6, 6.07) is -0.624. The Balaban J connectivity index is 3.33. The SMILES string of the molecule is CCCCCCCCCCCCCC/C=C/C(O)C(CO)NC(=O)CCCCCCCCCCCCCCCCCCCCCCCCCCCCCOC(=O)CCCCCCCCCCCCCCCCCCCC. The first-order valence-electron chi connectivity index (χ1n) is 35.0. The van der Waals surface area contributed by atoms with E-state index in [4.69, 9.17) is 4.74 Å². The summed E-state index contributed by atoms with van der Waals surface area (Å²) in [6.45, 7) is 4.94. The zero-order chi connectivity index (χ0) is 55.0. The molecule has 0 aromatic heterocycles. The van der Waals surface area contributed by atoms with Gasteiger partial charge in [0.2, 0.25) is 5.91 Å². The predicted octanol–water partition coefficient (Wildman–Crippen LogP) is 22.4. The van der Waals surface area contributed by atoms with Crippen LogP contribution in [0.2, 0.25) is 0 Å². The molecule has 76 heavy (non-hydrogen) atoms. The molecule has 0 saturated heterocycles. The van der Waals surface area contributed by atoms with Crippen LogP contribution in [0, 0.1) is 0 Å². The summed E-state index contributed by atoms with van der Waals surface area (Å²) in [4.78, 5) is 24.6. The van der Waals surface area contributed by atoms with Gasteiger partial charge in [0, 0.05) is 12.8 Å². The number of carbonyl (C=O) groups excluding carboxylic acids is 2. The quantitative estimate of drug-likeness (QED) is 0.0320. The van der Waals surface area contributed by atoms with Crippen molar-refractivity contribution in [1.29, 1.82) is 0 Å². The molecule has 0 aliphatic heterocycles. The molecule has 6 nitrogen and oxygen atoms in total.